The lowest BCUT2D eigenvalue weighted by molar-refractivity contribution is 0.0734. The fourth-order valence-electron chi connectivity index (χ4n) is 2.25. The maximum Gasteiger partial charge on any atom is 0.272 e. The molecule has 1 aromatic carbocycles. The Kier molecular flexibility index (Phi) is 4.89. The van der Waals surface area contributed by atoms with E-state index in [2.05, 4.69) is 24.9 Å². The number of amides is 1. The number of fused-ring (bicyclic) bond motifs is 1. The van der Waals surface area contributed by atoms with Crippen molar-refractivity contribution in [2.75, 3.05) is 13.1 Å². The Balaban J connectivity index is 2.26. The highest BCUT2D eigenvalue weighted by Gasteiger charge is 2.18. The SMILES string of the molecule is CC(C)CN(CCC#N)C(=O)c1ccc2ccccc2n1. The molecule has 2 aromatic rings. The zero-order valence-electron chi connectivity index (χ0n) is 12.4. The summed E-state index contributed by atoms with van der Waals surface area (Å²) in [5.74, 6) is 0.248. The molecule has 1 aromatic heterocycles. The van der Waals surface area contributed by atoms with E-state index in [9.17, 15) is 4.79 Å². The largest absolute Gasteiger partial charge is 0.336 e. The van der Waals surface area contributed by atoms with Crippen molar-refractivity contribution in [3.8, 4) is 6.07 Å². The molecule has 1 amide bonds. The smallest absolute Gasteiger partial charge is 0.272 e. The van der Waals surface area contributed by atoms with Crippen molar-refractivity contribution in [1.29, 1.82) is 5.26 Å². The van der Waals surface area contributed by atoms with Crippen molar-refractivity contribution >= 4 is 16.8 Å². The number of hydrogen-bond acceptors (Lipinski definition) is 3. The third kappa shape index (κ3) is 3.79. The normalized spacial score (nSPS) is 10.6. The van der Waals surface area contributed by atoms with Gasteiger partial charge in [-0.25, -0.2) is 4.98 Å². The Labute approximate surface area is 125 Å². The first-order valence-corrected chi connectivity index (χ1v) is 7.14. The number of para-hydroxylation sites is 1. The standard InChI is InChI=1S/C17H19N3O/c1-13(2)12-20(11-5-10-18)17(21)16-9-8-14-6-3-4-7-15(14)19-16/h3-4,6-9,13H,5,11-12H2,1-2H3. The zero-order valence-corrected chi connectivity index (χ0v) is 12.4. The van der Waals surface area contributed by atoms with Crippen LogP contribution in [0.5, 0.6) is 0 Å². The summed E-state index contributed by atoms with van der Waals surface area (Å²) in [6.07, 6.45) is 0.339. The summed E-state index contributed by atoms with van der Waals surface area (Å²) < 4.78 is 0. The fraction of sp³-hybridized carbons (Fsp3) is 0.353. The molecule has 0 aliphatic carbocycles. The van der Waals surface area contributed by atoms with Crippen LogP contribution in [0.2, 0.25) is 0 Å². The van der Waals surface area contributed by atoms with Gasteiger partial charge < -0.3 is 4.90 Å². The van der Waals surface area contributed by atoms with Crippen LogP contribution in [0, 0.1) is 17.2 Å². The van der Waals surface area contributed by atoms with Gasteiger partial charge in [0, 0.05) is 18.5 Å². The van der Waals surface area contributed by atoms with Crippen LogP contribution in [0.1, 0.15) is 30.8 Å². The van der Waals surface area contributed by atoms with Gasteiger partial charge >= 0.3 is 0 Å². The second-order valence-corrected chi connectivity index (χ2v) is 5.44. The maximum absolute atomic E-state index is 12.6. The van der Waals surface area contributed by atoms with Crippen molar-refractivity contribution < 1.29 is 4.79 Å². The summed E-state index contributed by atoms with van der Waals surface area (Å²) in [4.78, 5) is 18.7. The number of nitrogens with zero attached hydrogens (tertiary/aromatic N) is 3. The van der Waals surface area contributed by atoms with E-state index in [0.717, 1.165) is 10.9 Å². The molecule has 0 saturated heterocycles. The minimum absolute atomic E-state index is 0.107. The van der Waals surface area contributed by atoms with E-state index in [1.807, 2.05) is 30.3 Å². The molecular formula is C17H19N3O. The molecule has 0 aliphatic rings. The van der Waals surface area contributed by atoms with Gasteiger partial charge in [0.1, 0.15) is 5.69 Å². The van der Waals surface area contributed by atoms with Gasteiger partial charge in [0.2, 0.25) is 0 Å². The Morgan fingerprint density at radius 1 is 1.29 bits per heavy atom. The lowest BCUT2D eigenvalue weighted by Crippen LogP contribution is -2.35. The van der Waals surface area contributed by atoms with Crippen LogP contribution in [0.4, 0.5) is 0 Å². The van der Waals surface area contributed by atoms with Gasteiger partial charge in [0.25, 0.3) is 5.91 Å². The van der Waals surface area contributed by atoms with Crippen molar-refractivity contribution in [1.82, 2.24) is 9.88 Å². The molecule has 0 bridgehead atoms. The number of hydrogen-bond donors (Lipinski definition) is 0. The molecular weight excluding hydrogens is 262 g/mol. The van der Waals surface area contributed by atoms with E-state index in [1.54, 1.807) is 11.0 Å². The molecule has 4 nitrogen and oxygen atoms in total. The van der Waals surface area contributed by atoms with Gasteiger partial charge in [-0.3, -0.25) is 4.79 Å². The first-order valence-electron chi connectivity index (χ1n) is 7.14. The molecule has 0 unspecified atom stereocenters. The molecule has 0 spiro atoms. The highest BCUT2D eigenvalue weighted by atomic mass is 16.2. The van der Waals surface area contributed by atoms with E-state index in [4.69, 9.17) is 5.26 Å². The lowest BCUT2D eigenvalue weighted by atomic mass is 10.1. The second kappa shape index (κ2) is 6.85. The molecule has 2 rings (SSSR count). The summed E-state index contributed by atoms with van der Waals surface area (Å²) in [6, 6.07) is 13.5. The van der Waals surface area contributed by atoms with E-state index in [-0.39, 0.29) is 5.91 Å². The molecule has 4 heteroatoms. The molecule has 21 heavy (non-hydrogen) atoms. The average Bonchev–Trinajstić information content (AvgIpc) is 2.50. The predicted octanol–water partition coefficient (Wildman–Crippen LogP) is 3.25. The van der Waals surface area contributed by atoms with Crippen molar-refractivity contribution in [2.24, 2.45) is 5.92 Å². The summed E-state index contributed by atoms with van der Waals surface area (Å²) >= 11 is 0. The number of nitriles is 1. The topological polar surface area (TPSA) is 57.0 Å². The molecule has 0 aliphatic heterocycles. The number of rotatable bonds is 5. The Morgan fingerprint density at radius 2 is 2.05 bits per heavy atom. The minimum Gasteiger partial charge on any atom is -0.336 e. The van der Waals surface area contributed by atoms with Gasteiger partial charge in [-0.1, -0.05) is 38.1 Å². The van der Waals surface area contributed by atoms with Crippen molar-refractivity contribution in [2.45, 2.75) is 20.3 Å². The molecule has 0 N–H and O–H groups in total. The third-order valence-corrected chi connectivity index (χ3v) is 3.18. The number of carbonyl (C=O) groups excluding carboxylic acids is 1. The number of pyridine rings is 1. The number of aromatic nitrogens is 1. The summed E-state index contributed by atoms with van der Waals surface area (Å²) in [7, 11) is 0. The Hall–Kier alpha value is -2.41. The Bertz CT molecular complexity index is 673. The van der Waals surface area contributed by atoms with Crippen molar-refractivity contribution in [3.05, 3.63) is 42.1 Å². The monoisotopic (exact) mass is 281 g/mol. The predicted molar refractivity (Wildman–Crippen MR) is 82.7 cm³/mol. The van der Waals surface area contributed by atoms with Gasteiger partial charge in [0.05, 0.1) is 18.0 Å². The van der Waals surface area contributed by atoms with Crippen LogP contribution in [0.3, 0.4) is 0 Å². The number of carbonyl (C=O) groups is 1. The van der Waals surface area contributed by atoms with E-state index in [1.165, 1.54) is 0 Å². The fourth-order valence-corrected chi connectivity index (χ4v) is 2.25. The van der Waals surface area contributed by atoms with Gasteiger partial charge in [-0.05, 0) is 18.1 Å². The maximum atomic E-state index is 12.6. The number of benzene rings is 1. The molecule has 0 radical (unpaired) electrons. The van der Waals surface area contributed by atoms with Crippen LogP contribution in [0.15, 0.2) is 36.4 Å². The molecule has 0 fully saturated rings. The highest BCUT2D eigenvalue weighted by molar-refractivity contribution is 5.94. The van der Waals surface area contributed by atoms with Crippen LogP contribution in [-0.4, -0.2) is 28.9 Å². The quantitative estimate of drug-likeness (QED) is 0.845. The molecule has 108 valence electrons. The minimum atomic E-state index is -0.107. The Morgan fingerprint density at radius 3 is 2.76 bits per heavy atom. The van der Waals surface area contributed by atoms with Gasteiger partial charge in [-0.15, -0.1) is 0 Å². The van der Waals surface area contributed by atoms with Crippen LogP contribution in [-0.2, 0) is 0 Å². The third-order valence-electron chi connectivity index (χ3n) is 3.18. The van der Waals surface area contributed by atoms with Crippen LogP contribution >= 0.6 is 0 Å². The molecule has 0 atom stereocenters. The van der Waals surface area contributed by atoms with Crippen LogP contribution < -0.4 is 0 Å². The summed E-state index contributed by atoms with van der Waals surface area (Å²) in [5.41, 5.74) is 1.25. The van der Waals surface area contributed by atoms with Gasteiger partial charge in [-0.2, -0.15) is 5.26 Å². The van der Waals surface area contributed by atoms with Crippen LogP contribution in [0.25, 0.3) is 10.9 Å². The van der Waals surface area contributed by atoms with E-state index < -0.39 is 0 Å². The highest BCUT2D eigenvalue weighted by Crippen LogP contribution is 2.14. The molecule has 1 heterocycles. The summed E-state index contributed by atoms with van der Waals surface area (Å²) in [6.45, 7) is 5.19. The zero-order chi connectivity index (χ0) is 15.2. The molecule has 0 saturated carbocycles. The lowest BCUT2D eigenvalue weighted by Gasteiger charge is -2.23. The second-order valence-electron chi connectivity index (χ2n) is 5.44. The van der Waals surface area contributed by atoms with E-state index in [0.29, 0.717) is 31.1 Å². The summed E-state index contributed by atoms with van der Waals surface area (Å²) in [5, 5.41) is 9.75. The van der Waals surface area contributed by atoms with Crippen molar-refractivity contribution in [3.63, 3.8) is 0 Å². The van der Waals surface area contributed by atoms with E-state index >= 15 is 0 Å². The van der Waals surface area contributed by atoms with Gasteiger partial charge in [0.15, 0.2) is 0 Å². The first-order chi connectivity index (χ1) is 10.1. The average molecular weight is 281 g/mol. The first kappa shape index (κ1) is 15.0.